The Morgan fingerprint density at radius 2 is 2.10 bits per heavy atom. The van der Waals surface area contributed by atoms with Gasteiger partial charge in [-0.2, -0.15) is 0 Å². The SMILES string of the molecule is CCCC(C)(O)CNC(=O)/C=C/c1ccccc1OCC. The van der Waals surface area contributed by atoms with Crippen molar-refractivity contribution in [3.05, 3.63) is 35.9 Å². The van der Waals surface area contributed by atoms with Crippen molar-refractivity contribution in [3.63, 3.8) is 0 Å². The molecule has 1 aromatic carbocycles. The average molecular weight is 291 g/mol. The molecular formula is C17H25NO3. The Labute approximate surface area is 126 Å². The van der Waals surface area contributed by atoms with Crippen molar-refractivity contribution in [2.45, 2.75) is 39.2 Å². The van der Waals surface area contributed by atoms with Crippen LogP contribution in [0, 0.1) is 0 Å². The third kappa shape index (κ3) is 6.45. The standard InChI is InChI=1S/C17H25NO3/c1-4-12-17(3,20)13-18-16(19)11-10-14-8-6-7-9-15(14)21-5-2/h6-11,20H,4-5,12-13H2,1-3H3,(H,18,19)/b11-10+. The van der Waals surface area contributed by atoms with Gasteiger partial charge in [0.1, 0.15) is 5.75 Å². The van der Waals surface area contributed by atoms with Gasteiger partial charge >= 0.3 is 0 Å². The van der Waals surface area contributed by atoms with Gasteiger partial charge in [0.05, 0.1) is 12.2 Å². The number of para-hydroxylation sites is 1. The molecule has 1 aromatic rings. The van der Waals surface area contributed by atoms with Gasteiger partial charge in [0.15, 0.2) is 0 Å². The van der Waals surface area contributed by atoms with E-state index in [1.54, 1.807) is 13.0 Å². The minimum atomic E-state index is -0.860. The molecule has 0 aliphatic carbocycles. The third-order valence-electron chi connectivity index (χ3n) is 3.07. The lowest BCUT2D eigenvalue weighted by Gasteiger charge is -2.22. The first kappa shape index (κ1) is 17.2. The van der Waals surface area contributed by atoms with Gasteiger partial charge in [0.2, 0.25) is 5.91 Å². The maximum absolute atomic E-state index is 11.8. The lowest BCUT2D eigenvalue weighted by molar-refractivity contribution is -0.117. The molecule has 1 unspecified atom stereocenters. The number of carbonyl (C=O) groups is 1. The molecule has 0 radical (unpaired) electrons. The van der Waals surface area contributed by atoms with E-state index in [2.05, 4.69) is 5.32 Å². The Hall–Kier alpha value is -1.81. The maximum atomic E-state index is 11.8. The van der Waals surface area contributed by atoms with E-state index in [1.165, 1.54) is 6.08 Å². The minimum absolute atomic E-state index is 0.224. The van der Waals surface area contributed by atoms with E-state index in [-0.39, 0.29) is 12.5 Å². The Kier molecular flexibility index (Phi) is 6.96. The molecule has 0 bridgehead atoms. The topological polar surface area (TPSA) is 58.6 Å². The number of hydrogen-bond donors (Lipinski definition) is 2. The summed E-state index contributed by atoms with van der Waals surface area (Å²) < 4.78 is 5.49. The zero-order chi connectivity index (χ0) is 15.7. The predicted molar refractivity (Wildman–Crippen MR) is 85.2 cm³/mol. The van der Waals surface area contributed by atoms with Crippen LogP contribution >= 0.6 is 0 Å². The number of rotatable bonds is 8. The highest BCUT2D eigenvalue weighted by Gasteiger charge is 2.19. The first-order valence-electron chi connectivity index (χ1n) is 7.38. The van der Waals surface area contributed by atoms with Crippen LogP contribution in [0.15, 0.2) is 30.3 Å². The van der Waals surface area contributed by atoms with E-state index in [4.69, 9.17) is 4.74 Å². The second-order valence-corrected chi connectivity index (χ2v) is 5.27. The normalized spacial score (nSPS) is 13.9. The third-order valence-corrected chi connectivity index (χ3v) is 3.07. The Balaban J connectivity index is 2.58. The second-order valence-electron chi connectivity index (χ2n) is 5.27. The van der Waals surface area contributed by atoms with Gasteiger partial charge in [-0.15, -0.1) is 0 Å². The lowest BCUT2D eigenvalue weighted by Crippen LogP contribution is -2.39. The first-order valence-corrected chi connectivity index (χ1v) is 7.38. The van der Waals surface area contributed by atoms with Crippen LogP contribution in [0.2, 0.25) is 0 Å². The van der Waals surface area contributed by atoms with Gasteiger partial charge in [-0.05, 0) is 32.4 Å². The summed E-state index contributed by atoms with van der Waals surface area (Å²) in [6.07, 6.45) is 4.71. The van der Waals surface area contributed by atoms with Gasteiger partial charge in [-0.1, -0.05) is 31.5 Å². The molecule has 0 saturated carbocycles. The van der Waals surface area contributed by atoms with Crippen LogP contribution in [0.3, 0.4) is 0 Å². The predicted octanol–water partition coefficient (Wildman–Crippen LogP) is 2.77. The zero-order valence-electron chi connectivity index (χ0n) is 13.1. The fourth-order valence-corrected chi connectivity index (χ4v) is 2.03. The largest absolute Gasteiger partial charge is 0.493 e. The average Bonchev–Trinajstić information content (AvgIpc) is 2.44. The molecule has 0 fully saturated rings. The number of aliphatic hydroxyl groups is 1. The van der Waals surface area contributed by atoms with Gasteiger partial charge in [0, 0.05) is 18.2 Å². The molecule has 0 saturated heterocycles. The molecule has 0 spiro atoms. The molecule has 0 aliphatic rings. The molecule has 4 nitrogen and oxygen atoms in total. The molecule has 2 N–H and O–H groups in total. The van der Waals surface area contributed by atoms with Crippen molar-refractivity contribution < 1.29 is 14.6 Å². The summed E-state index contributed by atoms with van der Waals surface area (Å²) in [5, 5.41) is 12.7. The van der Waals surface area contributed by atoms with Crippen LogP contribution in [-0.2, 0) is 4.79 Å². The fourth-order valence-electron chi connectivity index (χ4n) is 2.03. The number of ether oxygens (including phenoxy) is 1. The zero-order valence-corrected chi connectivity index (χ0v) is 13.1. The van der Waals surface area contributed by atoms with Gasteiger partial charge in [0.25, 0.3) is 0 Å². The number of carbonyl (C=O) groups excluding carboxylic acids is 1. The molecule has 0 heterocycles. The lowest BCUT2D eigenvalue weighted by atomic mass is 10.0. The van der Waals surface area contributed by atoms with E-state index in [1.807, 2.05) is 38.1 Å². The Bertz CT molecular complexity index is 481. The van der Waals surface area contributed by atoms with Gasteiger partial charge in [-0.3, -0.25) is 4.79 Å². The van der Waals surface area contributed by atoms with Crippen molar-refractivity contribution in [2.75, 3.05) is 13.2 Å². The number of benzene rings is 1. The van der Waals surface area contributed by atoms with E-state index < -0.39 is 5.60 Å². The second kappa shape index (κ2) is 8.47. The van der Waals surface area contributed by atoms with Gasteiger partial charge in [-0.25, -0.2) is 0 Å². The molecule has 21 heavy (non-hydrogen) atoms. The van der Waals surface area contributed by atoms with Crippen molar-refractivity contribution in [2.24, 2.45) is 0 Å². The molecule has 4 heteroatoms. The minimum Gasteiger partial charge on any atom is -0.493 e. The van der Waals surface area contributed by atoms with E-state index in [0.29, 0.717) is 13.0 Å². The summed E-state index contributed by atoms with van der Waals surface area (Å²) in [5.74, 6) is 0.528. The summed E-state index contributed by atoms with van der Waals surface area (Å²) >= 11 is 0. The Morgan fingerprint density at radius 3 is 2.76 bits per heavy atom. The highest BCUT2D eigenvalue weighted by atomic mass is 16.5. The molecule has 116 valence electrons. The van der Waals surface area contributed by atoms with E-state index >= 15 is 0 Å². The molecule has 1 amide bonds. The summed E-state index contributed by atoms with van der Waals surface area (Å²) in [6, 6.07) is 7.55. The summed E-state index contributed by atoms with van der Waals surface area (Å²) in [4.78, 5) is 11.8. The summed E-state index contributed by atoms with van der Waals surface area (Å²) in [7, 11) is 0. The van der Waals surface area contributed by atoms with Crippen molar-refractivity contribution >= 4 is 12.0 Å². The number of nitrogens with one attached hydrogen (secondary N) is 1. The number of amides is 1. The smallest absolute Gasteiger partial charge is 0.244 e. The van der Waals surface area contributed by atoms with Crippen LogP contribution in [0.5, 0.6) is 5.75 Å². The molecule has 0 aromatic heterocycles. The van der Waals surface area contributed by atoms with Crippen LogP contribution in [-0.4, -0.2) is 29.8 Å². The highest BCUT2D eigenvalue weighted by molar-refractivity contribution is 5.92. The molecule has 0 aliphatic heterocycles. The van der Waals surface area contributed by atoms with E-state index in [0.717, 1.165) is 17.7 Å². The van der Waals surface area contributed by atoms with Crippen molar-refractivity contribution in [1.82, 2.24) is 5.32 Å². The highest BCUT2D eigenvalue weighted by Crippen LogP contribution is 2.19. The molecule has 1 rings (SSSR count). The maximum Gasteiger partial charge on any atom is 0.244 e. The quantitative estimate of drug-likeness (QED) is 0.724. The van der Waals surface area contributed by atoms with Crippen molar-refractivity contribution in [1.29, 1.82) is 0 Å². The van der Waals surface area contributed by atoms with Crippen LogP contribution in [0.1, 0.15) is 39.2 Å². The van der Waals surface area contributed by atoms with Gasteiger partial charge < -0.3 is 15.2 Å². The van der Waals surface area contributed by atoms with Crippen molar-refractivity contribution in [3.8, 4) is 5.75 Å². The van der Waals surface area contributed by atoms with Crippen LogP contribution in [0.25, 0.3) is 6.08 Å². The fraction of sp³-hybridized carbons (Fsp3) is 0.471. The van der Waals surface area contributed by atoms with E-state index in [9.17, 15) is 9.90 Å². The first-order chi connectivity index (χ1) is 9.98. The molecule has 1 atom stereocenters. The van der Waals surface area contributed by atoms with Crippen LogP contribution in [0.4, 0.5) is 0 Å². The summed E-state index contributed by atoms with van der Waals surface area (Å²) in [6.45, 7) is 6.48. The number of hydrogen-bond acceptors (Lipinski definition) is 3. The monoisotopic (exact) mass is 291 g/mol. The van der Waals surface area contributed by atoms with Crippen LogP contribution < -0.4 is 10.1 Å². The summed E-state index contributed by atoms with van der Waals surface area (Å²) in [5.41, 5.74) is -0.00333. The molecular weight excluding hydrogens is 266 g/mol. The Morgan fingerprint density at radius 1 is 1.38 bits per heavy atom.